The Balaban J connectivity index is 2.09. The molecule has 0 radical (unpaired) electrons. The maximum atomic E-state index is 13.3. The molecule has 0 aliphatic heterocycles. The van der Waals surface area contributed by atoms with Crippen molar-refractivity contribution in [2.75, 3.05) is 5.32 Å². The smallest absolute Gasteiger partial charge is 0.251 e. The highest BCUT2D eigenvalue weighted by molar-refractivity contribution is 5.98. The van der Waals surface area contributed by atoms with Gasteiger partial charge in [0.15, 0.2) is 11.6 Å². The van der Waals surface area contributed by atoms with Crippen LogP contribution >= 0.6 is 0 Å². The van der Waals surface area contributed by atoms with Crippen molar-refractivity contribution in [2.24, 2.45) is 0 Å². The fraction of sp³-hybridized carbons (Fsp3) is 0.263. The minimum atomic E-state index is -1.19. The summed E-state index contributed by atoms with van der Waals surface area (Å²) in [4.78, 5) is 24.3. The van der Waals surface area contributed by atoms with Crippen LogP contribution in [0.5, 0.6) is 5.75 Å². The molecule has 2 amide bonds. The lowest BCUT2D eigenvalue weighted by Crippen LogP contribution is -2.40. The predicted molar refractivity (Wildman–Crippen MR) is 94.0 cm³/mol. The summed E-state index contributed by atoms with van der Waals surface area (Å²) in [5, 5.41) is 15.0. The molecule has 2 aromatic carbocycles. The normalized spacial score (nSPS) is 11.1. The average Bonchev–Trinajstić information content (AvgIpc) is 2.51. The third-order valence-corrected chi connectivity index (χ3v) is 3.37. The number of nitrogens with one attached hydrogen (secondary N) is 2. The van der Waals surface area contributed by atoms with Gasteiger partial charge >= 0.3 is 0 Å². The molecule has 0 spiro atoms. The van der Waals surface area contributed by atoms with Crippen LogP contribution in [0.1, 0.15) is 36.7 Å². The highest BCUT2D eigenvalue weighted by Crippen LogP contribution is 2.22. The van der Waals surface area contributed by atoms with Crippen molar-refractivity contribution >= 4 is 17.5 Å². The van der Waals surface area contributed by atoms with E-state index < -0.39 is 28.8 Å². The number of hydrogen-bond acceptors (Lipinski definition) is 3. The largest absolute Gasteiger partial charge is 0.508 e. The Labute approximate surface area is 150 Å². The Morgan fingerprint density at radius 3 is 2.38 bits per heavy atom. The number of anilines is 1. The molecule has 7 heteroatoms. The van der Waals surface area contributed by atoms with Gasteiger partial charge in [0.2, 0.25) is 5.91 Å². The Kier molecular flexibility index (Phi) is 5.59. The van der Waals surface area contributed by atoms with Crippen LogP contribution in [0, 0.1) is 11.6 Å². The number of phenols is 1. The van der Waals surface area contributed by atoms with Gasteiger partial charge in [-0.1, -0.05) is 6.07 Å². The van der Waals surface area contributed by atoms with Gasteiger partial charge in [-0.2, -0.15) is 0 Å². The van der Waals surface area contributed by atoms with Crippen LogP contribution in [0.25, 0.3) is 0 Å². The highest BCUT2D eigenvalue weighted by atomic mass is 19.2. The van der Waals surface area contributed by atoms with Crippen molar-refractivity contribution in [1.82, 2.24) is 5.32 Å². The monoisotopic (exact) mass is 362 g/mol. The quantitative estimate of drug-likeness (QED) is 0.780. The number of amides is 2. The second kappa shape index (κ2) is 7.51. The van der Waals surface area contributed by atoms with E-state index in [9.17, 15) is 23.5 Å². The van der Waals surface area contributed by atoms with Crippen molar-refractivity contribution in [3.8, 4) is 5.75 Å². The van der Waals surface area contributed by atoms with E-state index in [0.717, 1.165) is 6.07 Å². The molecule has 138 valence electrons. The summed E-state index contributed by atoms with van der Waals surface area (Å²) in [6, 6.07) is 7.72. The Bertz CT molecular complexity index is 845. The van der Waals surface area contributed by atoms with Crippen LogP contribution in [-0.4, -0.2) is 22.5 Å². The number of hydrogen-bond donors (Lipinski definition) is 3. The van der Waals surface area contributed by atoms with Gasteiger partial charge in [0.05, 0.1) is 6.42 Å². The third kappa shape index (κ3) is 5.27. The van der Waals surface area contributed by atoms with Crippen molar-refractivity contribution in [3.63, 3.8) is 0 Å². The minimum absolute atomic E-state index is 0.0389. The van der Waals surface area contributed by atoms with Crippen LogP contribution < -0.4 is 10.6 Å². The topological polar surface area (TPSA) is 78.4 Å². The number of carbonyl (C=O) groups excluding carboxylic acids is 2. The van der Waals surface area contributed by atoms with Crippen molar-refractivity contribution in [2.45, 2.75) is 32.7 Å². The van der Waals surface area contributed by atoms with Gasteiger partial charge in [-0.3, -0.25) is 9.59 Å². The highest BCUT2D eigenvalue weighted by Gasteiger charge is 2.16. The number of halogens is 2. The van der Waals surface area contributed by atoms with Crippen LogP contribution in [-0.2, 0) is 11.2 Å². The molecule has 0 aliphatic rings. The summed E-state index contributed by atoms with van der Waals surface area (Å²) in [5.74, 6) is -3.67. The molecule has 2 rings (SSSR count). The van der Waals surface area contributed by atoms with Crippen LogP contribution in [0.3, 0.4) is 0 Å². The molecule has 3 N–H and O–H groups in total. The average molecular weight is 362 g/mol. The molecule has 0 heterocycles. The summed E-state index contributed by atoms with van der Waals surface area (Å²) in [7, 11) is 0. The van der Waals surface area contributed by atoms with Gasteiger partial charge in [0.25, 0.3) is 5.91 Å². The fourth-order valence-electron chi connectivity index (χ4n) is 2.25. The molecule has 0 aromatic heterocycles. The Morgan fingerprint density at radius 1 is 1.08 bits per heavy atom. The Hall–Kier alpha value is -2.96. The first-order valence-electron chi connectivity index (χ1n) is 7.94. The number of aromatic hydroxyl groups is 1. The zero-order valence-corrected chi connectivity index (χ0v) is 14.7. The van der Waals surface area contributed by atoms with Gasteiger partial charge in [0.1, 0.15) is 5.75 Å². The maximum Gasteiger partial charge on any atom is 0.251 e. The first-order valence-corrected chi connectivity index (χ1v) is 7.94. The summed E-state index contributed by atoms with van der Waals surface area (Å²) < 4.78 is 26.3. The van der Waals surface area contributed by atoms with E-state index in [-0.39, 0.29) is 17.9 Å². The molecule has 2 aromatic rings. The SMILES string of the molecule is CC(C)(C)NC(=O)c1cccc(NC(=O)Cc2cc(F)c(F)cc2O)c1. The van der Waals surface area contributed by atoms with E-state index >= 15 is 0 Å². The molecule has 26 heavy (non-hydrogen) atoms. The van der Waals surface area contributed by atoms with Crippen molar-refractivity contribution in [3.05, 3.63) is 59.2 Å². The summed E-state index contributed by atoms with van der Waals surface area (Å²) in [6.07, 6.45) is -0.346. The van der Waals surface area contributed by atoms with E-state index in [1.807, 2.05) is 20.8 Å². The molecule has 0 bridgehead atoms. The van der Waals surface area contributed by atoms with Gasteiger partial charge in [0, 0.05) is 28.4 Å². The lowest BCUT2D eigenvalue weighted by molar-refractivity contribution is -0.115. The second-order valence-electron chi connectivity index (χ2n) is 6.90. The number of rotatable bonds is 4. The van der Waals surface area contributed by atoms with Gasteiger partial charge in [-0.05, 0) is 45.0 Å². The standard InChI is InChI=1S/C19H20F2N2O3/c1-19(2,3)23-18(26)11-5-4-6-13(7-11)22-17(25)9-12-8-14(20)15(21)10-16(12)24/h4-8,10,24H,9H2,1-3H3,(H,22,25)(H,23,26). The predicted octanol–water partition coefficient (Wildman–Crippen LogP) is 3.38. The van der Waals surface area contributed by atoms with E-state index in [0.29, 0.717) is 17.3 Å². The van der Waals surface area contributed by atoms with E-state index in [4.69, 9.17) is 0 Å². The zero-order valence-electron chi connectivity index (χ0n) is 14.7. The summed E-state index contributed by atoms with van der Waals surface area (Å²) in [6.45, 7) is 5.56. The van der Waals surface area contributed by atoms with Crippen LogP contribution in [0.2, 0.25) is 0 Å². The summed E-state index contributed by atoms with van der Waals surface area (Å²) >= 11 is 0. The molecule has 0 aliphatic carbocycles. The molecule has 0 unspecified atom stereocenters. The van der Waals surface area contributed by atoms with Crippen molar-refractivity contribution < 1.29 is 23.5 Å². The number of phenolic OH excluding ortho intramolecular Hbond substituents is 1. The molecule has 0 saturated heterocycles. The second-order valence-corrected chi connectivity index (χ2v) is 6.90. The van der Waals surface area contributed by atoms with E-state index in [1.165, 1.54) is 6.07 Å². The minimum Gasteiger partial charge on any atom is -0.508 e. The number of benzene rings is 2. The molecular formula is C19H20F2N2O3. The molecule has 5 nitrogen and oxygen atoms in total. The van der Waals surface area contributed by atoms with Crippen LogP contribution in [0.15, 0.2) is 36.4 Å². The Morgan fingerprint density at radius 2 is 1.73 bits per heavy atom. The maximum absolute atomic E-state index is 13.3. The van der Waals surface area contributed by atoms with Gasteiger partial charge in [-0.15, -0.1) is 0 Å². The van der Waals surface area contributed by atoms with E-state index in [2.05, 4.69) is 10.6 Å². The van der Waals surface area contributed by atoms with E-state index in [1.54, 1.807) is 18.2 Å². The molecular weight excluding hydrogens is 342 g/mol. The molecule has 0 atom stereocenters. The van der Waals surface area contributed by atoms with Gasteiger partial charge in [-0.25, -0.2) is 8.78 Å². The molecule has 0 fully saturated rings. The zero-order chi connectivity index (χ0) is 19.5. The first-order chi connectivity index (χ1) is 12.0. The third-order valence-electron chi connectivity index (χ3n) is 3.37. The van der Waals surface area contributed by atoms with Gasteiger partial charge < -0.3 is 15.7 Å². The summed E-state index contributed by atoms with van der Waals surface area (Å²) in [5.41, 5.74) is 0.301. The number of carbonyl (C=O) groups is 2. The fourth-order valence-corrected chi connectivity index (χ4v) is 2.25. The first kappa shape index (κ1) is 19.4. The van der Waals surface area contributed by atoms with Crippen molar-refractivity contribution in [1.29, 1.82) is 0 Å². The lowest BCUT2D eigenvalue weighted by atomic mass is 10.1. The lowest BCUT2D eigenvalue weighted by Gasteiger charge is -2.20. The van der Waals surface area contributed by atoms with Crippen LogP contribution in [0.4, 0.5) is 14.5 Å². The molecule has 0 saturated carbocycles.